The van der Waals surface area contributed by atoms with Crippen molar-refractivity contribution in [1.29, 1.82) is 0 Å². The summed E-state index contributed by atoms with van der Waals surface area (Å²) in [5, 5.41) is 2.66. The third kappa shape index (κ3) is 7.95. The average molecular weight is 357 g/mol. The van der Waals surface area contributed by atoms with Crippen LogP contribution >= 0.6 is 7.75 Å². The van der Waals surface area contributed by atoms with E-state index in [9.17, 15) is 9.36 Å². The Hall–Kier alpha value is -1.36. The van der Waals surface area contributed by atoms with Crippen LogP contribution in [0, 0.1) is 5.41 Å². The lowest BCUT2D eigenvalue weighted by atomic mass is 9.99. The maximum Gasteiger partial charge on any atom is 0.459 e. The molecule has 24 heavy (non-hydrogen) atoms. The number of esters is 1. The minimum absolute atomic E-state index is 0.204. The van der Waals surface area contributed by atoms with Crippen LogP contribution in [-0.2, 0) is 18.6 Å². The number of rotatable bonds is 8. The number of carbonyl (C=O) groups excluding carboxylic acids is 1. The molecule has 1 unspecified atom stereocenters. The summed E-state index contributed by atoms with van der Waals surface area (Å²) in [5.41, 5.74) is -0.209. The van der Waals surface area contributed by atoms with Crippen molar-refractivity contribution in [2.45, 2.75) is 53.7 Å². The van der Waals surface area contributed by atoms with E-state index in [2.05, 4.69) is 5.09 Å². The molecule has 0 fully saturated rings. The summed E-state index contributed by atoms with van der Waals surface area (Å²) in [4.78, 5) is 12.0. The first kappa shape index (κ1) is 20.7. The molecule has 1 aromatic rings. The third-order valence-electron chi connectivity index (χ3n) is 2.69. The zero-order valence-corrected chi connectivity index (χ0v) is 16.1. The number of carbonyl (C=O) groups is 1. The van der Waals surface area contributed by atoms with Gasteiger partial charge >= 0.3 is 13.7 Å². The van der Waals surface area contributed by atoms with Gasteiger partial charge in [0.2, 0.25) is 0 Å². The van der Waals surface area contributed by atoms with Crippen LogP contribution in [0.4, 0.5) is 0 Å². The van der Waals surface area contributed by atoms with Crippen LogP contribution in [-0.4, -0.2) is 24.7 Å². The Balaban J connectivity index is 2.87. The first-order valence-corrected chi connectivity index (χ1v) is 9.52. The predicted molar refractivity (Wildman–Crippen MR) is 93.9 cm³/mol. The quantitative estimate of drug-likeness (QED) is 0.556. The van der Waals surface area contributed by atoms with E-state index < -0.39 is 19.8 Å². The Labute approximate surface area is 144 Å². The van der Waals surface area contributed by atoms with Crippen LogP contribution in [0.2, 0.25) is 0 Å². The Morgan fingerprint density at radius 3 is 2.25 bits per heavy atom. The molecule has 1 aromatic carbocycles. The lowest BCUT2D eigenvalue weighted by Crippen LogP contribution is -2.36. The number of ether oxygens (including phenoxy) is 1. The van der Waals surface area contributed by atoms with E-state index >= 15 is 0 Å². The maximum atomic E-state index is 13.1. The molecule has 136 valence electrons. The molecule has 0 bridgehead atoms. The van der Waals surface area contributed by atoms with Crippen LogP contribution in [0.3, 0.4) is 0 Å². The fourth-order valence-electron chi connectivity index (χ4n) is 1.61. The highest BCUT2D eigenvalue weighted by Gasteiger charge is 2.33. The number of nitrogens with one attached hydrogen (secondary N) is 1. The standard InChI is InChI=1S/C17H28NO5P/c1-13(2)22-16(19)14(3)18-24(20,21-12-17(4,5)6)23-15-10-8-7-9-11-15/h7-11,13-14H,12H2,1-6H3,(H,18,20)/t14-,24?/m0/s1. The highest BCUT2D eigenvalue weighted by Crippen LogP contribution is 2.46. The van der Waals surface area contributed by atoms with Gasteiger partial charge in [0, 0.05) is 0 Å². The molecular formula is C17H28NO5P. The molecule has 0 aliphatic carbocycles. The predicted octanol–water partition coefficient (Wildman–Crippen LogP) is 4.17. The minimum atomic E-state index is -3.74. The molecule has 0 aliphatic heterocycles. The largest absolute Gasteiger partial charge is 0.462 e. The summed E-state index contributed by atoms with van der Waals surface area (Å²) in [5.74, 6) is -0.118. The van der Waals surface area contributed by atoms with Crippen molar-refractivity contribution in [3.63, 3.8) is 0 Å². The van der Waals surface area contributed by atoms with Gasteiger partial charge in [-0.25, -0.2) is 4.57 Å². The SMILES string of the molecule is CC(C)OC(=O)[C@H](C)NP(=O)(OCC(C)(C)C)Oc1ccccc1. The molecule has 0 saturated heterocycles. The molecule has 7 heteroatoms. The average Bonchev–Trinajstić information content (AvgIpc) is 2.45. The topological polar surface area (TPSA) is 73.9 Å². The Morgan fingerprint density at radius 2 is 1.75 bits per heavy atom. The van der Waals surface area contributed by atoms with Crippen molar-refractivity contribution in [3.05, 3.63) is 30.3 Å². The Kier molecular flexibility index (Phi) is 7.46. The summed E-state index contributed by atoms with van der Waals surface area (Å²) in [7, 11) is -3.74. The molecule has 0 spiro atoms. The molecule has 0 radical (unpaired) electrons. The van der Waals surface area contributed by atoms with Crippen LogP contribution < -0.4 is 9.61 Å². The second-order valence-corrected chi connectivity index (χ2v) is 8.77. The highest BCUT2D eigenvalue weighted by atomic mass is 31.2. The smallest absolute Gasteiger partial charge is 0.459 e. The van der Waals surface area contributed by atoms with Gasteiger partial charge in [0.15, 0.2) is 0 Å². The van der Waals surface area contributed by atoms with Crippen molar-refractivity contribution in [2.24, 2.45) is 5.41 Å². The molecule has 2 atom stereocenters. The van der Waals surface area contributed by atoms with Gasteiger partial charge in [-0.3, -0.25) is 9.32 Å². The molecule has 0 amide bonds. The van der Waals surface area contributed by atoms with E-state index in [0.717, 1.165) is 0 Å². The Morgan fingerprint density at radius 1 is 1.17 bits per heavy atom. The number of para-hydroxylation sites is 1. The summed E-state index contributed by atoms with van der Waals surface area (Å²) in [6.07, 6.45) is -0.258. The summed E-state index contributed by atoms with van der Waals surface area (Å²) < 4.78 is 29.3. The lowest BCUT2D eigenvalue weighted by Gasteiger charge is -2.26. The number of hydrogen-bond acceptors (Lipinski definition) is 5. The second-order valence-electron chi connectivity index (χ2n) is 7.07. The molecule has 6 nitrogen and oxygen atoms in total. The van der Waals surface area contributed by atoms with Gasteiger partial charge in [0.25, 0.3) is 0 Å². The van der Waals surface area contributed by atoms with Gasteiger partial charge in [-0.15, -0.1) is 0 Å². The molecule has 0 aliphatic rings. The van der Waals surface area contributed by atoms with Gasteiger partial charge in [0.05, 0.1) is 12.7 Å². The van der Waals surface area contributed by atoms with Crippen molar-refractivity contribution in [2.75, 3.05) is 6.61 Å². The molecule has 1 rings (SSSR count). The van der Waals surface area contributed by atoms with E-state index in [1.54, 1.807) is 45.0 Å². The zero-order chi connectivity index (χ0) is 18.4. The second kappa shape index (κ2) is 8.65. The van der Waals surface area contributed by atoms with E-state index in [-0.39, 0.29) is 18.1 Å². The van der Waals surface area contributed by atoms with Gasteiger partial charge < -0.3 is 9.26 Å². The monoisotopic (exact) mass is 357 g/mol. The molecule has 1 N–H and O–H groups in total. The fourth-order valence-corrected chi connectivity index (χ4v) is 3.33. The van der Waals surface area contributed by atoms with Gasteiger partial charge in [-0.1, -0.05) is 39.0 Å². The van der Waals surface area contributed by atoms with Crippen LogP contribution in [0.25, 0.3) is 0 Å². The molecular weight excluding hydrogens is 329 g/mol. The first-order chi connectivity index (χ1) is 11.0. The highest BCUT2D eigenvalue weighted by molar-refractivity contribution is 7.52. The molecule has 0 aromatic heterocycles. The summed E-state index contributed by atoms with van der Waals surface area (Å²) in [6.45, 7) is 11.1. The van der Waals surface area contributed by atoms with E-state index in [1.807, 2.05) is 26.8 Å². The summed E-state index contributed by atoms with van der Waals surface area (Å²) in [6, 6.07) is 7.86. The fraction of sp³-hybridized carbons (Fsp3) is 0.588. The Bertz CT molecular complexity index is 568. The first-order valence-electron chi connectivity index (χ1n) is 7.98. The van der Waals surface area contributed by atoms with E-state index in [1.165, 1.54) is 0 Å². The van der Waals surface area contributed by atoms with Crippen molar-refractivity contribution < 1.29 is 23.1 Å². The van der Waals surface area contributed by atoms with Crippen LogP contribution in [0.15, 0.2) is 30.3 Å². The van der Waals surface area contributed by atoms with Crippen molar-refractivity contribution >= 4 is 13.7 Å². The van der Waals surface area contributed by atoms with Crippen LogP contribution in [0.1, 0.15) is 41.5 Å². The minimum Gasteiger partial charge on any atom is -0.462 e. The maximum absolute atomic E-state index is 13.1. The third-order valence-corrected chi connectivity index (χ3v) is 4.32. The van der Waals surface area contributed by atoms with Crippen LogP contribution in [0.5, 0.6) is 5.75 Å². The van der Waals surface area contributed by atoms with E-state index in [0.29, 0.717) is 5.75 Å². The summed E-state index contributed by atoms with van der Waals surface area (Å²) >= 11 is 0. The molecule has 0 heterocycles. The van der Waals surface area contributed by atoms with Gasteiger partial charge in [0.1, 0.15) is 11.8 Å². The van der Waals surface area contributed by atoms with Gasteiger partial charge in [-0.05, 0) is 38.3 Å². The number of hydrogen-bond donors (Lipinski definition) is 1. The van der Waals surface area contributed by atoms with Crippen molar-refractivity contribution in [3.8, 4) is 5.75 Å². The normalized spacial score (nSPS) is 15.6. The number of benzene rings is 1. The lowest BCUT2D eigenvalue weighted by molar-refractivity contribution is -0.149. The van der Waals surface area contributed by atoms with Gasteiger partial charge in [-0.2, -0.15) is 5.09 Å². The van der Waals surface area contributed by atoms with E-state index in [4.69, 9.17) is 13.8 Å². The molecule has 0 saturated carbocycles. The zero-order valence-electron chi connectivity index (χ0n) is 15.2. The van der Waals surface area contributed by atoms with Crippen molar-refractivity contribution in [1.82, 2.24) is 5.09 Å².